The first-order valence-corrected chi connectivity index (χ1v) is 14.0. The molecule has 0 aliphatic carbocycles. The molecule has 0 aliphatic heterocycles. The van der Waals surface area contributed by atoms with Gasteiger partial charge in [0.05, 0.1) is 12.3 Å². The minimum atomic E-state index is -0.230. The molecule has 0 atom stereocenters. The molecule has 4 heteroatoms. The van der Waals surface area contributed by atoms with E-state index in [-0.39, 0.29) is 11.7 Å². The second kappa shape index (κ2) is 17.9. The lowest BCUT2D eigenvalue weighted by Crippen LogP contribution is -2.12. The predicted octanol–water partition coefficient (Wildman–Crippen LogP) is 9.07. The molecular weight excluding hydrogens is 434 g/mol. The molecule has 0 aromatic heterocycles. The molecule has 0 aliphatic rings. The average Bonchev–Trinajstić information content (AvgIpc) is 2.87. The van der Waals surface area contributed by atoms with Gasteiger partial charge in [0.2, 0.25) is 0 Å². The van der Waals surface area contributed by atoms with E-state index in [0.29, 0.717) is 17.9 Å². The van der Waals surface area contributed by atoms with Gasteiger partial charge in [0.1, 0.15) is 11.5 Å². The summed E-state index contributed by atoms with van der Waals surface area (Å²) in [5.41, 5.74) is 2.15. The number of aromatic hydroxyl groups is 1. The van der Waals surface area contributed by atoms with Crippen molar-refractivity contribution < 1.29 is 14.6 Å². The monoisotopic (exact) mass is 481 g/mol. The summed E-state index contributed by atoms with van der Waals surface area (Å²) in [6.45, 7) is 5.18. The minimum Gasteiger partial charge on any atom is -0.506 e. The topological polar surface area (TPSA) is 58.6 Å². The van der Waals surface area contributed by atoms with Gasteiger partial charge in [-0.3, -0.25) is 4.79 Å². The zero-order valence-corrected chi connectivity index (χ0v) is 22.1. The first-order valence-electron chi connectivity index (χ1n) is 14.0. The molecule has 0 fully saturated rings. The highest BCUT2D eigenvalue weighted by atomic mass is 16.5. The van der Waals surface area contributed by atoms with Crippen molar-refractivity contribution in [2.45, 2.75) is 110 Å². The summed E-state index contributed by atoms with van der Waals surface area (Å²) >= 11 is 0. The third-order valence-electron chi connectivity index (χ3n) is 6.51. The van der Waals surface area contributed by atoms with Crippen LogP contribution in [0.15, 0.2) is 42.5 Å². The first-order chi connectivity index (χ1) is 17.1. The van der Waals surface area contributed by atoms with Gasteiger partial charge in [0.25, 0.3) is 5.91 Å². The van der Waals surface area contributed by atoms with Crippen LogP contribution in [0.2, 0.25) is 0 Å². The number of nitrogens with one attached hydrogen (secondary N) is 1. The maximum atomic E-state index is 12.7. The number of carbonyl (C=O) groups is 1. The number of hydrogen-bond acceptors (Lipinski definition) is 3. The summed E-state index contributed by atoms with van der Waals surface area (Å²) in [7, 11) is 0. The molecule has 35 heavy (non-hydrogen) atoms. The van der Waals surface area contributed by atoms with Gasteiger partial charge in [-0.25, -0.2) is 0 Å². The van der Waals surface area contributed by atoms with E-state index in [2.05, 4.69) is 19.2 Å². The lowest BCUT2D eigenvalue weighted by Gasteiger charge is -2.11. The number of carbonyl (C=O) groups excluding carboxylic acids is 1. The SMILES string of the molecule is CCCCCCCCCCOc1ccc(C(=O)Nc2cc(CCCCCCCC)ccc2O)cc1. The Morgan fingerprint density at radius 1 is 0.743 bits per heavy atom. The third-order valence-corrected chi connectivity index (χ3v) is 6.51. The molecule has 4 nitrogen and oxygen atoms in total. The molecule has 0 radical (unpaired) electrons. The lowest BCUT2D eigenvalue weighted by atomic mass is 10.0. The largest absolute Gasteiger partial charge is 0.506 e. The van der Waals surface area contributed by atoms with E-state index in [0.717, 1.165) is 30.6 Å². The molecule has 2 rings (SSSR count). The zero-order valence-electron chi connectivity index (χ0n) is 22.1. The number of amides is 1. The summed E-state index contributed by atoms with van der Waals surface area (Å²) in [6, 6.07) is 12.7. The van der Waals surface area contributed by atoms with Gasteiger partial charge in [0, 0.05) is 5.56 Å². The summed E-state index contributed by atoms with van der Waals surface area (Å²) in [4.78, 5) is 12.7. The van der Waals surface area contributed by atoms with E-state index in [9.17, 15) is 9.90 Å². The third kappa shape index (κ3) is 12.2. The molecule has 0 unspecified atom stereocenters. The number of phenols is 1. The van der Waals surface area contributed by atoms with Crippen molar-refractivity contribution in [3.05, 3.63) is 53.6 Å². The van der Waals surface area contributed by atoms with Gasteiger partial charge < -0.3 is 15.2 Å². The number of anilines is 1. The Labute approximate surface area is 213 Å². The second-order valence-electron chi connectivity index (χ2n) is 9.67. The van der Waals surface area contributed by atoms with Crippen LogP contribution in [-0.2, 0) is 6.42 Å². The van der Waals surface area contributed by atoms with Crippen LogP contribution in [0.4, 0.5) is 5.69 Å². The first kappa shape index (κ1) is 28.7. The standard InChI is InChI=1S/C31H47NO3/c1-3-5-7-9-11-12-14-16-24-35-28-21-19-27(20-22-28)31(34)32-29-25-26(18-23-30(29)33)17-15-13-10-8-6-4-2/h18-23,25,33H,3-17,24H2,1-2H3,(H,32,34). The van der Waals surface area contributed by atoms with E-state index < -0.39 is 0 Å². The highest BCUT2D eigenvalue weighted by Gasteiger charge is 2.10. The summed E-state index contributed by atoms with van der Waals surface area (Å²) in [5.74, 6) is 0.648. The van der Waals surface area contributed by atoms with Gasteiger partial charge in [-0.1, -0.05) is 97.0 Å². The van der Waals surface area contributed by atoms with Crippen LogP contribution in [0.25, 0.3) is 0 Å². The Bertz CT molecular complexity index is 832. The number of benzene rings is 2. The highest BCUT2D eigenvalue weighted by molar-refractivity contribution is 6.05. The Morgan fingerprint density at radius 3 is 1.94 bits per heavy atom. The number of hydrogen-bond donors (Lipinski definition) is 2. The van der Waals surface area contributed by atoms with E-state index in [1.165, 1.54) is 77.0 Å². The van der Waals surface area contributed by atoms with Crippen LogP contribution in [0, 0.1) is 0 Å². The van der Waals surface area contributed by atoms with Crippen LogP contribution < -0.4 is 10.1 Å². The molecular formula is C31H47NO3. The Morgan fingerprint density at radius 2 is 1.31 bits per heavy atom. The predicted molar refractivity (Wildman–Crippen MR) is 148 cm³/mol. The molecule has 0 bridgehead atoms. The Kier molecular flexibility index (Phi) is 14.7. The molecule has 2 aromatic rings. The average molecular weight is 482 g/mol. The van der Waals surface area contributed by atoms with Gasteiger partial charge in [0.15, 0.2) is 0 Å². The van der Waals surface area contributed by atoms with Crippen LogP contribution in [0.1, 0.15) is 120 Å². The number of unbranched alkanes of at least 4 members (excludes halogenated alkanes) is 12. The van der Waals surface area contributed by atoms with E-state index in [1.807, 2.05) is 24.3 Å². The summed E-state index contributed by atoms with van der Waals surface area (Å²) < 4.78 is 5.84. The fourth-order valence-corrected chi connectivity index (χ4v) is 4.27. The van der Waals surface area contributed by atoms with Crippen molar-refractivity contribution in [2.75, 3.05) is 11.9 Å². The molecule has 0 heterocycles. The Hall–Kier alpha value is -2.49. The Balaban J connectivity index is 1.72. The fraction of sp³-hybridized carbons (Fsp3) is 0.581. The smallest absolute Gasteiger partial charge is 0.255 e. The van der Waals surface area contributed by atoms with Crippen molar-refractivity contribution >= 4 is 11.6 Å². The summed E-state index contributed by atoms with van der Waals surface area (Å²) in [5, 5.41) is 13.1. The van der Waals surface area contributed by atoms with Crippen LogP contribution in [0.3, 0.4) is 0 Å². The van der Waals surface area contributed by atoms with Crippen molar-refractivity contribution in [1.82, 2.24) is 0 Å². The van der Waals surface area contributed by atoms with Gasteiger partial charge in [-0.2, -0.15) is 0 Å². The maximum Gasteiger partial charge on any atom is 0.255 e. The van der Waals surface area contributed by atoms with Crippen molar-refractivity contribution in [1.29, 1.82) is 0 Å². The van der Waals surface area contributed by atoms with Crippen molar-refractivity contribution in [2.24, 2.45) is 0 Å². The molecule has 1 amide bonds. The van der Waals surface area contributed by atoms with Crippen molar-refractivity contribution in [3.63, 3.8) is 0 Å². The normalized spacial score (nSPS) is 10.9. The van der Waals surface area contributed by atoms with E-state index in [1.54, 1.807) is 18.2 Å². The molecule has 2 N–H and O–H groups in total. The molecule has 0 spiro atoms. The van der Waals surface area contributed by atoms with Crippen LogP contribution in [0.5, 0.6) is 11.5 Å². The molecule has 0 saturated carbocycles. The van der Waals surface area contributed by atoms with Crippen LogP contribution in [-0.4, -0.2) is 17.6 Å². The van der Waals surface area contributed by atoms with Gasteiger partial charge in [-0.05, 0) is 61.2 Å². The molecule has 194 valence electrons. The van der Waals surface area contributed by atoms with Gasteiger partial charge >= 0.3 is 0 Å². The quantitative estimate of drug-likeness (QED) is 0.155. The second-order valence-corrected chi connectivity index (χ2v) is 9.67. The number of rotatable bonds is 19. The van der Waals surface area contributed by atoms with Crippen LogP contribution >= 0.6 is 0 Å². The number of aryl methyl sites for hydroxylation is 1. The van der Waals surface area contributed by atoms with E-state index in [4.69, 9.17) is 4.74 Å². The summed E-state index contributed by atoms with van der Waals surface area (Å²) in [6.07, 6.45) is 18.7. The molecule has 2 aromatic carbocycles. The van der Waals surface area contributed by atoms with Crippen molar-refractivity contribution in [3.8, 4) is 11.5 Å². The number of phenolic OH excluding ortho intramolecular Hbond substituents is 1. The number of ether oxygens (including phenoxy) is 1. The lowest BCUT2D eigenvalue weighted by molar-refractivity contribution is 0.102. The van der Waals surface area contributed by atoms with E-state index >= 15 is 0 Å². The zero-order chi connectivity index (χ0) is 25.1. The fourth-order valence-electron chi connectivity index (χ4n) is 4.27. The van der Waals surface area contributed by atoms with Gasteiger partial charge in [-0.15, -0.1) is 0 Å². The minimum absolute atomic E-state index is 0.0929. The highest BCUT2D eigenvalue weighted by Crippen LogP contribution is 2.26. The molecule has 0 saturated heterocycles. The maximum absolute atomic E-state index is 12.7.